The third kappa shape index (κ3) is 2.69. The second kappa shape index (κ2) is 3.96. The van der Waals surface area contributed by atoms with E-state index >= 15 is 0 Å². The molecule has 0 aliphatic rings. The van der Waals surface area contributed by atoms with Gasteiger partial charge >= 0.3 is 0 Å². The molecule has 0 heterocycles. The molecule has 0 radical (unpaired) electrons. The van der Waals surface area contributed by atoms with E-state index in [1.165, 1.54) is 0 Å². The SMILES string of the molecule is C.CC(C)S(=O)(=O)C(C)C. The van der Waals surface area contributed by atoms with Crippen molar-refractivity contribution in [1.82, 2.24) is 0 Å². The van der Waals surface area contributed by atoms with Crippen LogP contribution in [0.1, 0.15) is 35.1 Å². The van der Waals surface area contributed by atoms with E-state index in [0.717, 1.165) is 0 Å². The largest absolute Gasteiger partial charge is 0.228 e. The molecule has 0 spiro atoms. The van der Waals surface area contributed by atoms with Crippen LogP contribution in [-0.4, -0.2) is 18.9 Å². The van der Waals surface area contributed by atoms with Crippen molar-refractivity contribution in [3.63, 3.8) is 0 Å². The molecule has 64 valence electrons. The van der Waals surface area contributed by atoms with Crippen molar-refractivity contribution >= 4 is 9.84 Å². The van der Waals surface area contributed by atoms with Crippen LogP contribution in [-0.2, 0) is 9.84 Å². The molecule has 0 saturated heterocycles. The highest BCUT2D eigenvalue weighted by Crippen LogP contribution is 2.06. The van der Waals surface area contributed by atoms with Crippen LogP contribution >= 0.6 is 0 Å². The fourth-order valence-electron chi connectivity index (χ4n) is 0.544. The monoisotopic (exact) mass is 166 g/mol. The van der Waals surface area contributed by atoms with Crippen LogP contribution in [0.4, 0.5) is 0 Å². The number of hydrogen-bond acceptors (Lipinski definition) is 2. The van der Waals surface area contributed by atoms with E-state index in [-0.39, 0.29) is 17.9 Å². The van der Waals surface area contributed by atoms with Gasteiger partial charge in [-0.3, -0.25) is 0 Å². The maximum atomic E-state index is 11.0. The Morgan fingerprint density at radius 1 is 0.900 bits per heavy atom. The average Bonchev–Trinajstić information content (AvgIpc) is 1.65. The number of hydrogen-bond donors (Lipinski definition) is 0. The third-order valence-corrected chi connectivity index (χ3v) is 3.94. The molecule has 0 saturated carbocycles. The lowest BCUT2D eigenvalue weighted by Gasteiger charge is -2.09. The van der Waals surface area contributed by atoms with Gasteiger partial charge in [0.2, 0.25) is 0 Å². The molecule has 2 nitrogen and oxygen atoms in total. The van der Waals surface area contributed by atoms with Crippen LogP contribution < -0.4 is 0 Å². The predicted molar refractivity (Wildman–Crippen MR) is 45.9 cm³/mol. The summed E-state index contributed by atoms with van der Waals surface area (Å²) in [6.45, 7) is 6.81. The molecule has 0 aliphatic heterocycles. The first-order chi connectivity index (χ1) is 3.89. The molecule has 0 aliphatic carbocycles. The van der Waals surface area contributed by atoms with Crippen molar-refractivity contribution in [3.8, 4) is 0 Å². The number of sulfone groups is 1. The lowest BCUT2D eigenvalue weighted by atomic mass is 10.5. The standard InChI is InChI=1S/C6H14O2S.CH4/c1-5(2)9(7,8)6(3)4;/h5-6H,1-4H3;1H4. The Balaban J connectivity index is 0. The summed E-state index contributed by atoms with van der Waals surface area (Å²) in [6, 6.07) is 0. The van der Waals surface area contributed by atoms with Gasteiger partial charge in [0.15, 0.2) is 9.84 Å². The summed E-state index contributed by atoms with van der Waals surface area (Å²) in [5.41, 5.74) is 0. The summed E-state index contributed by atoms with van der Waals surface area (Å²) in [6.07, 6.45) is 0. The highest BCUT2D eigenvalue weighted by atomic mass is 32.2. The van der Waals surface area contributed by atoms with Gasteiger partial charge < -0.3 is 0 Å². The van der Waals surface area contributed by atoms with Crippen molar-refractivity contribution in [3.05, 3.63) is 0 Å². The summed E-state index contributed by atoms with van der Waals surface area (Å²) < 4.78 is 22.1. The fraction of sp³-hybridized carbons (Fsp3) is 1.00. The molecule has 0 aromatic carbocycles. The van der Waals surface area contributed by atoms with Crippen LogP contribution in [0.5, 0.6) is 0 Å². The first-order valence-corrected chi connectivity index (χ1v) is 4.72. The summed E-state index contributed by atoms with van der Waals surface area (Å²) in [5, 5.41) is -0.477. The van der Waals surface area contributed by atoms with Crippen molar-refractivity contribution in [1.29, 1.82) is 0 Å². The summed E-state index contributed by atoms with van der Waals surface area (Å²) in [5.74, 6) is 0. The highest BCUT2D eigenvalue weighted by molar-refractivity contribution is 7.92. The molecular weight excluding hydrogens is 148 g/mol. The molecule has 0 amide bonds. The minimum absolute atomic E-state index is 0. The van der Waals surface area contributed by atoms with E-state index in [4.69, 9.17) is 0 Å². The second-order valence-corrected chi connectivity index (χ2v) is 5.75. The van der Waals surface area contributed by atoms with Crippen molar-refractivity contribution in [2.24, 2.45) is 0 Å². The summed E-state index contributed by atoms with van der Waals surface area (Å²) >= 11 is 0. The highest BCUT2D eigenvalue weighted by Gasteiger charge is 2.19. The smallest absolute Gasteiger partial charge is 0.154 e. The normalized spacial score (nSPS) is 11.8. The van der Waals surface area contributed by atoms with Crippen molar-refractivity contribution in [2.45, 2.75) is 45.6 Å². The maximum Gasteiger partial charge on any atom is 0.154 e. The Kier molecular flexibility index (Phi) is 5.00. The summed E-state index contributed by atoms with van der Waals surface area (Å²) in [7, 11) is -2.81. The van der Waals surface area contributed by atoms with Gasteiger partial charge in [0, 0.05) is 0 Å². The van der Waals surface area contributed by atoms with Gasteiger partial charge in [0.1, 0.15) is 0 Å². The first-order valence-electron chi connectivity index (χ1n) is 3.11. The van der Waals surface area contributed by atoms with Gasteiger partial charge in [0.05, 0.1) is 10.5 Å². The predicted octanol–water partition coefficient (Wildman–Crippen LogP) is 1.85. The van der Waals surface area contributed by atoms with E-state index in [0.29, 0.717) is 0 Å². The average molecular weight is 166 g/mol. The maximum absolute atomic E-state index is 11.0. The van der Waals surface area contributed by atoms with E-state index < -0.39 is 9.84 Å². The van der Waals surface area contributed by atoms with E-state index in [1.54, 1.807) is 27.7 Å². The Bertz CT molecular complexity index is 152. The molecule has 3 heteroatoms. The molecular formula is C7H18O2S. The van der Waals surface area contributed by atoms with Crippen molar-refractivity contribution < 1.29 is 8.42 Å². The van der Waals surface area contributed by atoms with Gasteiger partial charge in [0.25, 0.3) is 0 Å². The van der Waals surface area contributed by atoms with E-state index in [2.05, 4.69) is 0 Å². The Hall–Kier alpha value is -0.0500. The zero-order valence-corrected chi connectivity index (χ0v) is 7.20. The van der Waals surface area contributed by atoms with E-state index in [9.17, 15) is 8.42 Å². The quantitative estimate of drug-likeness (QED) is 0.627. The Labute approximate surface area is 64.6 Å². The molecule has 0 rings (SSSR count). The lowest BCUT2D eigenvalue weighted by Crippen LogP contribution is -2.23. The lowest BCUT2D eigenvalue weighted by molar-refractivity contribution is 0.578. The first kappa shape index (κ1) is 12.6. The van der Waals surface area contributed by atoms with Crippen LogP contribution in [0.2, 0.25) is 0 Å². The number of rotatable bonds is 2. The van der Waals surface area contributed by atoms with Crippen LogP contribution in [0, 0.1) is 0 Å². The molecule has 0 N–H and O–H groups in total. The van der Waals surface area contributed by atoms with Gasteiger partial charge in [-0.15, -0.1) is 0 Å². The van der Waals surface area contributed by atoms with E-state index in [1.807, 2.05) is 0 Å². The molecule has 0 aromatic rings. The summed E-state index contributed by atoms with van der Waals surface area (Å²) in [4.78, 5) is 0. The molecule has 0 aromatic heterocycles. The molecule has 10 heavy (non-hydrogen) atoms. The minimum Gasteiger partial charge on any atom is -0.228 e. The Morgan fingerprint density at radius 2 is 1.10 bits per heavy atom. The van der Waals surface area contributed by atoms with Crippen LogP contribution in [0.15, 0.2) is 0 Å². The molecule has 0 unspecified atom stereocenters. The van der Waals surface area contributed by atoms with Gasteiger partial charge in [-0.2, -0.15) is 0 Å². The van der Waals surface area contributed by atoms with Gasteiger partial charge in [-0.05, 0) is 27.7 Å². The fourth-order valence-corrected chi connectivity index (χ4v) is 1.63. The Morgan fingerprint density at radius 3 is 1.10 bits per heavy atom. The molecule has 0 atom stereocenters. The molecule has 0 fully saturated rings. The van der Waals surface area contributed by atoms with Crippen LogP contribution in [0.3, 0.4) is 0 Å². The van der Waals surface area contributed by atoms with Gasteiger partial charge in [-0.25, -0.2) is 8.42 Å². The van der Waals surface area contributed by atoms with Crippen molar-refractivity contribution in [2.75, 3.05) is 0 Å². The zero-order chi connectivity index (χ0) is 7.65. The minimum atomic E-state index is -2.81. The molecule has 0 bridgehead atoms. The topological polar surface area (TPSA) is 34.1 Å². The second-order valence-electron chi connectivity index (χ2n) is 2.69. The zero-order valence-electron chi connectivity index (χ0n) is 6.38. The van der Waals surface area contributed by atoms with Gasteiger partial charge in [-0.1, -0.05) is 7.43 Å². The third-order valence-electron chi connectivity index (χ3n) is 1.31. The van der Waals surface area contributed by atoms with Crippen LogP contribution in [0.25, 0.3) is 0 Å².